The van der Waals surface area contributed by atoms with E-state index in [4.69, 9.17) is 0 Å². The smallest absolute Gasteiger partial charge is 0.205 e. The van der Waals surface area contributed by atoms with E-state index in [1.54, 1.807) is 24.3 Å². The number of benzene rings is 3. The Bertz CT molecular complexity index is 889. The minimum absolute atomic E-state index is 0.182. The summed E-state index contributed by atoms with van der Waals surface area (Å²) in [5.74, 6) is -0.331. The van der Waals surface area contributed by atoms with Crippen LogP contribution in [0, 0.1) is 12.8 Å². The van der Waals surface area contributed by atoms with E-state index in [-0.39, 0.29) is 11.4 Å². The first-order chi connectivity index (χ1) is 12.5. The van der Waals surface area contributed by atoms with Gasteiger partial charge in [0.1, 0.15) is 0 Å². The van der Waals surface area contributed by atoms with Crippen LogP contribution in [0.1, 0.15) is 18.1 Å². The highest BCUT2D eigenvalue weighted by atomic mass is 31.2. The molecule has 0 aliphatic rings. The van der Waals surface area contributed by atoms with Crippen LogP contribution in [-0.2, 0) is 15.8 Å². The lowest BCUT2D eigenvalue weighted by molar-refractivity contribution is -0.114. The average molecular weight is 362 g/mol. The SMILES string of the molecule is Cc1ccccc1CC(C)C(=O)P(=O)(c1ccccc1)c1ccccc1. The fourth-order valence-electron chi connectivity index (χ4n) is 3.25. The lowest BCUT2D eigenvalue weighted by Gasteiger charge is -2.22. The Morgan fingerprint density at radius 2 is 1.27 bits per heavy atom. The fraction of sp³-hybridized carbons (Fsp3) is 0.174. The molecule has 0 saturated carbocycles. The van der Waals surface area contributed by atoms with Gasteiger partial charge in [-0.15, -0.1) is 0 Å². The van der Waals surface area contributed by atoms with E-state index in [0.717, 1.165) is 11.1 Å². The Labute approximate surface area is 155 Å². The highest BCUT2D eigenvalue weighted by molar-refractivity contribution is 7.93. The molecule has 1 unspecified atom stereocenters. The van der Waals surface area contributed by atoms with Crippen LogP contribution in [0.3, 0.4) is 0 Å². The lowest BCUT2D eigenvalue weighted by Crippen LogP contribution is -2.27. The molecule has 0 amide bonds. The Morgan fingerprint density at radius 3 is 1.77 bits per heavy atom. The van der Waals surface area contributed by atoms with Gasteiger partial charge >= 0.3 is 0 Å². The van der Waals surface area contributed by atoms with Gasteiger partial charge in [0.25, 0.3) is 0 Å². The molecule has 3 aromatic carbocycles. The monoisotopic (exact) mass is 362 g/mol. The van der Waals surface area contributed by atoms with Crippen molar-refractivity contribution in [2.45, 2.75) is 20.3 Å². The van der Waals surface area contributed by atoms with Gasteiger partial charge in [-0.1, -0.05) is 91.9 Å². The number of hydrogen-bond acceptors (Lipinski definition) is 2. The first kappa shape index (κ1) is 18.4. The molecule has 0 aromatic heterocycles. The van der Waals surface area contributed by atoms with Gasteiger partial charge in [0, 0.05) is 16.5 Å². The number of carbonyl (C=O) groups is 1. The van der Waals surface area contributed by atoms with Crippen LogP contribution >= 0.6 is 7.14 Å². The maximum Gasteiger partial charge on any atom is 0.205 e. The molecule has 0 aliphatic carbocycles. The first-order valence-corrected chi connectivity index (χ1v) is 10.5. The molecule has 3 heteroatoms. The summed E-state index contributed by atoms with van der Waals surface area (Å²) in [6, 6.07) is 26.3. The Morgan fingerprint density at radius 1 is 0.808 bits per heavy atom. The van der Waals surface area contributed by atoms with Crippen molar-refractivity contribution in [2.75, 3.05) is 0 Å². The van der Waals surface area contributed by atoms with Crippen LogP contribution < -0.4 is 10.6 Å². The molecule has 3 aromatic rings. The molecule has 0 heterocycles. The molecule has 2 nitrogen and oxygen atoms in total. The molecule has 0 saturated heterocycles. The molecule has 0 spiro atoms. The van der Waals surface area contributed by atoms with Crippen molar-refractivity contribution in [1.29, 1.82) is 0 Å². The maximum atomic E-state index is 14.1. The summed E-state index contributed by atoms with van der Waals surface area (Å²) in [5.41, 5.74) is 2.10. The number of carbonyl (C=O) groups excluding carboxylic acids is 1. The third-order valence-electron chi connectivity index (χ3n) is 4.76. The lowest BCUT2D eigenvalue weighted by atomic mass is 9.98. The van der Waals surface area contributed by atoms with Gasteiger partial charge in [-0.25, -0.2) is 0 Å². The highest BCUT2D eigenvalue weighted by Crippen LogP contribution is 2.47. The van der Waals surface area contributed by atoms with E-state index in [9.17, 15) is 9.36 Å². The van der Waals surface area contributed by atoms with Crippen molar-refractivity contribution >= 4 is 23.3 Å². The summed E-state index contributed by atoms with van der Waals surface area (Å²) in [6.07, 6.45) is 0.592. The van der Waals surface area contributed by atoms with Gasteiger partial charge in [0.15, 0.2) is 0 Å². The van der Waals surface area contributed by atoms with E-state index in [0.29, 0.717) is 17.0 Å². The standard InChI is InChI=1S/C23H23O2P/c1-18-11-9-10-12-20(18)17-19(2)23(24)26(25,21-13-5-3-6-14-21)22-15-7-4-8-16-22/h3-16,19H,17H2,1-2H3. The quantitative estimate of drug-likeness (QED) is 0.595. The molecule has 0 bridgehead atoms. The minimum atomic E-state index is -3.36. The molecular weight excluding hydrogens is 339 g/mol. The normalized spacial score (nSPS) is 12.5. The van der Waals surface area contributed by atoms with Crippen LogP contribution in [0.25, 0.3) is 0 Å². The van der Waals surface area contributed by atoms with Crippen LogP contribution in [0.5, 0.6) is 0 Å². The molecule has 1 atom stereocenters. The zero-order valence-corrected chi connectivity index (χ0v) is 16.0. The summed E-state index contributed by atoms with van der Waals surface area (Å²) >= 11 is 0. The summed E-state index contributed by atoms with van der Waals surface area (Å²) in [4.78, 5) is 13.4. The van der Waals surface area contributed by atoms with Crippen LogP contribution in [-0.4, -0.2) is 5.52 Å². The van der Waals surface area contributed by atoms with E-state index < -0.39 is 7.14 Å². The number of rotatable bonds is 6. The fourth-order valence-corrected chi connectivity index (χ4v) is 5.95. The predicted molar refractivity (Wildman–Crippen MR) is 109 cm³/mol. The topological polar surface area (TPSA) is 34.1 Å². The van der Waals surface area contributed by atoms with Crippen molar-refractivity contribution in [1.82, 2.24) is 0 Å². The molecule has 3 rings (SSSR count). The van der Waals surface area contributed by atoms with Crippen molar-refractivity contribution in [2.24, 2.45) is 5.92 Å². The molecule has 0 fully saturated rings. The second-order valence-electron chi connectivity index (χ2n) is 6.65. The van der Waals surface area contributed by atoms with Gasteiger partial charge in [0.2, 0.25) is 12.7 Å². The molecule has 26 heavy (non-hydrogen) atoms. The predicted octanol–water partition coefficient (Wildman–Crippen LogP) is 4.71. The average Bonchev–Trinajstić information content (AvgIpc) is 2.70. The summed E-state index contributed by atoms with van der Waals surface area (Å²) in [7, 11) is -3.36. The molecular formula is C23H23O2P. The largest absolute Gasteiger partial charge is 0.306 e. The minimum Gasteiger partial charge on any atom is -0.306 e. The van der Waals surface area contributed by atoms with E-state index in [2.05, 4.69) is 0 Å². The zero-order chi connectivity index (χ0) is 18.6. The Hall–Kier alpha value is -2.44. The number of aryl methyl sites for hydroxylation is 1. The molecule has 0 N–H and O–H groups in total. The number of hydrogen-bond donors (Lipinski definition) is 0. The van der Waals surface area contributed by atoms with Gasteiger partial charge in [-0.05, 0) is 24.5 Å². The summed E-state index contributed by atoms with van der Waals surface area (Å²) in [6.45, 7) is 3.92. The Kier molecular flexibility index (Phi) is 5.54. The summed E-state index contributed by atoms with van der Waals surface area (Å²) in [5, 5.41) is 1.21. The molecule has 0 aliphatic heterocycles. The van der Waals surface area contributed by atoms with Crippen molar-refractivity contribution in [3.05, 3.63) is 96.1 Å². The Balaban J connectivity index is 2.01. The van der Waals surface area contributed by atoms with Crippen molar-refractivity contribution in [3.8, 4) is 0 Å². The third-order valence-corrected chi connectivity index (χ3v) is 7.87. The van der Waals surface area contributed by atoms with Crippen LogP contribution in [0.15, 0.2) is 84.9 Å². The van der Waals surface area contributed by atoms with Crippen LogP contribution in [0.4, 0.5) is 0 Å². The second-order valence-corrected chi connectivity index (χ2v) is 9.34. The highest BCUT2D eigenvalue weighted by Gasteiger charge is 2.38. The van der Waals surface area contributed by atoms with E-state index in [1.165, 1.54) is 0 Å². The van der Waals surface area contributed by atoms with Crippen molar-refractivity contribution in [3.63, 3.8) is 0 Å². The third kappa shape index (κ3) is 3.57. The molecule has 132 valence electrons. The molecule has 0 radical (unpaired) electrons. The van der Waals surface area contributed by atoms with Crippen molar-refractivity contribution < 1.29 is 9.36 Å². The van der Waals surface area contributed by atoms with Gasteiger partial charge in [0.05, 0.1) is 0 Å². The van der Waals surface area contributed by atoms with Gasteiger partial charge in [-0.2, -0.15) is 0 Å². The summed E-state index contributed by atoms with van der Waals surface area (Å²) < 4.78 is 14.1. The van der Waals surface area contributed by atoms with E-state index >= 15 is 0 Å². The second kappa shape index (κ2) is 7.85. The van der Waals surface area contributed by atoms with E-state index in [1.807, 2.05) is 74.5 Å². The maximum absolute atomic E-state index is 14.1. The van der Waals surface area contributed by atoms with Gasteiger partial charge < -0.3 is 4.57 Å². The van der Waals surface area contributed by atoms with Gasteiger partial charge in [-0.3, -0.25) is 4.79 Å². The first-order valence-electron chi connectivity index (χ1n) is 8.83. The van der Waals surface area contributed by atoms with Crippen LogP contribution in [0.2, 0.25) is 0 Å². The zero-order valence-electron chi connectivity index (χ0n) is 15.1.